The lowest BCUT2D eigenvalue weighted by Crippen LogP contribution is -2.12. The number of alkyl halides is 3. The normalized spacial score (nSPS) is 11.9. The van der Waals surface area contributed by atoms with E-state index in [2.05, 4.69) is 15.3 Å². The lowest BCUT2D eigenvalue weighted by molar-refractivity contribution is -0.146. The van der Waals surface area contributed by atoms with E-state index in [1.54, 1.807) is 30.3 Å². The first-order chi connectivity index (χ1) is 9.05. The lowest BCUT2D eigenvalue weighted by atomic mass is 10.1. The molecule has 0 radical (unpaired) electrons. The Morgan fingerprint density at radius 2 is 1.63 bits per heavy atom. The zero-order valence-corrected chi connectivity index (χ0v) is 9.46. The Morgan fingerprint density at radius 1 is 0.895 bits per heavy atom. The van der Waals surface area contributed by atoms with Crippen molar-refractivity contribution in [3.63, 3.8) is 0 Å². The van der Waals surface area contributed by atoms with Crippen LogP contribution in [0, 0.1) is 0 Å². The third-order valence-corrected chi connectivity index (χ3v) is 2.59. The van der Waals surface area contributed by atoms with Gasteiger partial charge in [0.2, 0.25) is 0 Å². The molecule has 0 aliphatic heterocycles. The van der Waals surface area contributed by atoms with E-state index in [1.807, 2.05) is 6.07 Å². The van der Waals surface area contributed by atoms with Crippen molar-refractivity contribution in [2.24, 2.45) is 0 Å². The van der Waals surface area contributed by atoms with Crippen LogP contribution < -0.4 is 0 Å². The molecule has 3 rings (SSSR count). The Labute approximate surface area is 105 Å². The summed E-state index contributed by atoms with van der Waals surface area (Å²) in [6.07, 6.45) is -4.58. The van der Waals surface area contributed by atoms with Gasteiger partial charge in [-0.1, -0.05) is 30.3 Å². The molecule has 19 heavy (non-hydrogen) atoms. The largest absolute Gasteiger partial charge is 0.453 e. The molecule has 0 fully saturated rings. The first-order valence-electron chi connectivity index (χ1n) is 5.41. The van der Waals surface area contributed by atoms with Crippen LogP contribution in [-0.4, -0.2) is 19.8 Å². The van der Waals surface area contributed by atoms with Gasteiger partial charge >= 0.3 is 6.18 Å². The molecule has 0 saturated heterocycles. The van der Waals surface area contributed by atoms with Gasteiger partial charge < -0.3 is 0 Å². The van der Waals surface area contributed by atoms with Crippen molar-refractivity contribution < 1.29 is 13.2 Å². The molecule has 0 atom stereocenters. The molecule has 0 aliphatic carbocycles. The molecule has 1 aromatic carbocycles. The molecule has 7 heteroatoms. The molecule has 0 spiro atoms. The van der Waals surface area contributed by atoms with Crippen LogP contribution in [0.5, 0.6) is 0 Å². The summed E-state index contributed by atoms with van der Waals surface area (Å²) in [7, 11) is 0. The van der Waals surface area contributed by atoms with Gasteiger partial charge in [-0.3, -0.25) is 0 Å². The molecular formula is C12H7F3N4. The Kier molecular flexibility index (Phi) is 2.48. The van der Waals surface area contributed by atoms with E-state index in [0.29, 0.717) is 10.2 Å². The van der Waals surface area contributed by atoms with Gasteiger partial charge in [-0.2, -0.15) is 22.8 Å². The summed E-state index contributed by atoms with van der Waals surface area (Å²) < 4.78 is 38.9. The van der Waals surface area contributed by atoms with Gasteiger partial charge in [0.15, 0.2) is 5.65 Å². The van der Waals surface area contributed by atoms with E-state index in [4.69, 9.17) is 0 Å². The average molecular weight is 264 g/mol. The van der Waals surface area contributed by atoms with Gasteiger partial charge in [0.05, 0.1) is 5.69 Å². The predicted molar refractivity (Wildman–Crippen MR) is 61.2 cm³/mol. The summed E-state index contributed by atoms with van der Waals surface area (Å²) in [5, 5.41) is 10.5. The number of nitrogens with zero attached hydrogens (tertiary/aromatic N) is 4. The number of hydrogen-bond acceptors (Lipinski definition) is 3. The number of benzene rings is 1. The maximum atomic E-state index is 12.7. The van der Waals surface area contributed by atoms with Crippen molar-refractivity contribution in [1.29, 1.82) is 0 Å². The topological polar surface area (TPSA) is 43.1 Å². The molecule has 0 saturated carbocycles. The molecule has 2 aromatic heterocycles. The average Bonchev–Trinajstić information content (AvgIpc) is 2.82. The van der Waals surface area contributed by atoms with Crippen molar-refractivity contribution in [3.8, 4) is 11.3 Å². The third-order valence-electron chi connectivity index (χ3n) is 2.59. The van der Waals surface area contributed by atoms with Gasteiger partial charge in [-0.05, 0) is 12.1 Å². The predicted octanol–water partition coefficient (Wildman–Crippen LogP) is 2.81. The summed E-state index contributed by atoms with van der Waals surface area (Å²) in [4.78, 5) is 0. The highest BCUT2D eigenvalue weighted by molar-refractivity contribution is 5.59. The fourth-order valence-corrected chi connectivity index (χ4v) is 1.73. The summed E-state index contributed by atoms with van der Waals surface area (Å²) in [5.74, 6) is -1.12. The van der Waals surface area contributed by atoms with Crippen LogP contribution in [0.25, 0.3) is 16.9 Å². The maximum Gasteiger partial charge on any atom is 0.453 e. The fraction of sp³-hybridized carbons (Fsp3) is 0.0833. The highest BCUT2D eigenvalue weighted by Gasteiger charge is 2.37. The molecule has 96 valence electrons. The van der Waals surface area contributed by atoms with E-state index in [9.17, 15) is 13.2 Å². The molecule has 0 unspecified atom stereocenters. The van der Waals surface area contributed by atoms with Crippen LogP contribution in [0.2, 0.25) is 0 Å². The van der Waals surface area contributed by atoms with E-state index in [-0.39, 0.29) is 5.65 Å². The number of aromatic nitrogens is 4. The zero-order chi connectivity index (χ0) is 13.5. The van der Waals surface area contributed by atoms with Gasteiger partial charge in [0.1, 0.15) is 0 Å². The monoisotopic (exact) mass is 264 g/mol. The summed E-state index contributed by atoms with van der Waals surface area (Å²) >= 11 is 0. The molecule has 4 nitrogen and oxygen atoms in total. The molecule has 2 heterocycles. The molecule has 0 N–H and O–H groups in total. The summed E-state index contributed by atoms with van der Waals surface area (Å²) in [6.45, 7) is 0. The van der Waals surface area contributed by atoms with Gasteiger partial charge in [-0.25, -0.2) is 0 Å². The number of rotatable bonds is 1. The summed E-state index contributed by atoms with van der Waals surface area (Å²) in [5.41, 5.74) is 1.22. The van der Waals surface area contributed by atoms with E-state index in [1.165, 1.54) is 6.07 Å². The molecular weight excluding hydrogens is 257 g/mol. The highest BCUT2D eigenvalue weighted by atomic mass is 19.4. The fourth-order valence-electron chi connectivity index (χ4n) is 1.73. The number of halogens is 3. The standard InChI is InChI=1S/C12H7F3N4/c13-12(14,15)11-17-16-10-7-6-9(18-19(10)11)8-4-2-1-3-5-8/h1-7H. The van der Waals surface area contributed by atoms with E-state index < -0.39 is 12.0 Å². The Balaban J connectivity index is 2.20. The van der Waals surface area contributed by atoms with Crippen LogP contribution in [0.4, 0.5) is 13.2 Å². The molecule has 0 aliphatic rings. The Morgan fingerprint density at radius 3 is 2.32 bits per heavy atom. The van der Waals surface area contributed by atoms with Crippen LogP contribution in [0.15, 0.2) is 42.5 Å². The van der Waals surface area contributed by atoms with Crippen LogP contribution in [0.1, 0.15) is 5.82 Å². The van der Waals surface area contributed by atoms with Crippen molar-refractivity contribution >= 4 is 5.65 Å². The third kappa shape index (κ3) is 2.03. The van der Waals surface area contributed by atoms with Gasteiger partial charge in [0.25, 0.3) is 5.82 Å². The number of hydrogen-bond donors (Lipinski definition) is 0. The van der Waals surface area contributed by atoms with Crippen LogP contribution in [0.3, 0.4) is 0 Å². The first kappa shape index (κ1) is 11.6. The van der Waals surface area contributed by atoms with Crippen LogP contribution in [-0.2, 0) is 6.18 Å². The first-order valence-corrected chi connectivity index (χ1v) is 5.41. The van der Waals surface area contributed by atoms with Crippen LogP contribution >= 0.6 is 0 Å². The minimum Gasteiger partial charge on any atom is -0.188 e. The molecule has 3 aromatic rings. The van der Waals surface area contributed by atoms with E-state index >= 15 is 0 Å². The van der Waals surface area contributed by atoms with Crippen molar-refractivity contribution in [3.05, 3.63) is 48.3 Å². The Bertz CT molecular complexity index is 719. The number of fused-ring (bicyclic) bond motifs is 1. The quantitative estimate of drug-likeness (QED) is 0.678. The summed E-state index contributed by atoms with van der Waals surface area (Å²) in [6, 6.07) is 12.0. The zero-order valence-electron chi connectivity index (χ0n) is 9.46. The maximum absolute atomic E-state index is 12.7. The molecule has 0 bridgehead atoms. The van der Waals surface area contributed by atoms with Gasteiger partial charge in [0, 0.05) is 5.56 Å². The molecule has 0 amide bonds. The second kappa shape index (κ2) is 4.04. The minimum absolute atomic E-state index is 0.0620. The minimum atomic E-state index is -4.58. The second-order valence-corrected chi connectivity index (χ2v) is 3.88. The highest BCUT2D eigenvalue weighted by Crippen LogP contribution is 2.28. The Hall–Kier alpha value is -2.44. The second-order valence-electron chi connectivity index (χ2n) is 3.88. The van der Waals surface area contributed by atoms with Crippen molar-refractivity contribution in [2.45, 2.75) is 6.18 Å². The van der Waals surface area contributed by atoms with Gasteiger partial charge in [-0.15, -0.1) is 10.2 Å². The smallest absolute Gasteiger partial charge is 0.188 e. The van der Waals surface area contributed by atoms with Crippen molar-refractivity contribution in [1.82, 2.24) is 19.8 Å². The lowest BCUT2D eigenvalue weighted by Gasteiger charge is -2.05. The van der Waals surface area contributed by atoms with E-state index in [0.717, 1.165) is 5.56 Å². The SMILES string of the molecule is FC(F)(F)c1nnc2ccc(-c3ccccc3)nn12. The van der Waals surface area contributed by atoms with Crippen molar-refractivity contribution in [2.75, 3.05) is 0 Å².